The van der Waals surface area contributed by atoms with Crippen LogP contribution in [0.4, 0.5) is 11.7 Å². The summed E-state index contributed by atoms with van der Waals surface area (Å²) in [5.41, 5.74) is 0. The van der Waals surface area contributed by atoms with Crippen molar-refractivity contribution in [3.63, 3.8) is 0 Å². The van der Waals surface area contributed by atoms with Crippen molar-refractivity contribution in [3.05, 3.63) is 0 Å². The van der Waals surface area contributed by atoms with Gasteiger partial charge in [-0.15, -0.1) is 0 Å². The summed E-state index contributed by atoms with van der Waals surface area (Å²) in [5, 5.41) is 6.02. The molecule has 13 heavy (non-hydrogen) atoms. The maximum Gasteiger partial charge on any atom is 0.319 e. The van der Waals surface area contributed by atoms with Crippen LogP contribution in [0.25, 0.3) is 0 Å². The van der Waals surface area contributed by atoms with Crippen LogP contribution >= 0.6 is 0 Å². The van der Waals surface area contributed by atoms with Crippen molar-refractivity contribution < 1.29 is 21.7 Å². The molecule has 1 unspecified atom stereocenters. The lowest BCUT2D eigenvalue weighted by atomic mass is 10.7. The van der Waals surface area contributed by atoms with Crippen molar-refractivity contribution >= 4 is 33.5 Å². The summed E-state index contributed by atoms with van der Waals surface area (Å²) in [4.78, 5) is 0. The molecule has 1 heterocycles. The normalized spacial score (nSPS) is 12.1. The Bertz CT molecular complexity index is 439. The molecular formula is C2HN4O5S2-. The molecule has 0 aromatic carbocycles. The van der Waals surface area contributed by atoms with Crippen LogP contribution in [0.15, 0.2) is 8.89 Å². The van der Waals surface area contributed by atoms with Crippen LogP contribution < -0.4 is 4.72 Å². The largest absolute Gasteiger partial charge is 0.755 e. The zero-order valence-corrected chi connectivity index (χ0v) is 7.33. The van der Waals surface area contributed by atoms with E-state index in [1.165, 1.54) is 0 Å². The van der Waals surface area contributed by atoms with Gasteiger partial charge in [-0.1, -0.05) is 9.46 Å². The van der Waals surface area contributed by atoms with E-state index in [1.807, 2.05) is 0 Å². The molecule has 0 bridgehead atoms. The summed E-state index contributed by atoms with van der Waals surface area (Å²) in [6.07, 6.45) is 0. The molecule has 0 saturated carbocycles. The van der Waals surface area contributed by atoms with Gasteiger partial charge in [0.2, 0.25) is 5.82 Å². The third kappa shape index (κ3) is 2.89. The molecular weight excluding hydrogens is 224 g/mol. The average molecular weight is 225 g/mol. The number of anilines is 1. The average Bonchev–Trinajstić information content (AvgIpc) is 2.34. The molecule has 0 aliphatic carbocycles. The van der Waals surface area contributed by atoms with E-state index in [0.29, 0.717) is 0 Å². The first-order valence-corrected chi connectivity index (χ1v) is 4.69. The van der Waals surface area contributed by atoms with E-state index in [2.05, 4.69) is 19.3 Å². The molecule has 1 aromatic heterocycles. The summed E-state index contributed by atoms with van der Waals surface area (Å²) in [6, 6.07) is 0. The Balaban J connectivity index is 3.03. The second-order valence-corrected chi connectivity index (χ2v) is 2.86. The Labute approximate surface area is 75.2 Å². The highest BCUT2D eigenvalue weighted by atomic mass is 32.2. The number of hydrogen-bond acceptors (Lipinski definition) is 8. The Morgan fingerprint density at radius 2 is 2.15 bits per heavy atom. The molecule has 0 aliphatic rings. The number of nitrogens with zero attached hydrogens (tertiary/aromatic N) is 3. The van der Waals surface area contributed by atoms with Gasteiger partial charge in [0, 0.05) is 16.5 Å². The molecule has 9 nitrogen and oxygen atoms in total. The molecule has 1 N–H and O–H groups in total. The number of hydrogen-bond donors (Lipinski definition) is 1. The van der Waals surface area contributed by atoms with Crippen molar-refractivity contribution in [2.24, 2.45) is 4.36 Å². The van der Waals surface area contributed by atoms with E-state index in [1.54, 1.807) is 4.72 Å². The second-order valence-electron chi connectivity index (χ2n) is 1.57. The first-order chi connectivity index (χ1) is 6.09. The topological polar surface area (TPSA) is 138 Å². The first kappa shape index (κ1) is 9.76. The van der Waals surface area contributed by atoms with E-state index < -0.39 is 33.5 Å². The van der Waals surface area contributed by atoms with Crippen molar-refractivity contribution in [2.45, 2.75) is 0 Å². The zero-order valence-electron chi connectivity index (χ0n) is 5.70. The Morgan fingerprint density at radius 3 is 2.69 bits per heavy atom. The number of aromatic nitrogens is 2. The predicted molar refractivity (Wildman–Crippen MR) is 37.8 cm³/mol. The number of rotatable bonds is 3. The molecule has 1 rings (SSSR count). The van der Waals surface area contributed by atoms with Gasteiger partial charge in [0.05, 0.1) is 0 Å². The molecule has 0 amide bonds. The fourth-order valence-electron chi connectivity index (χ4n) is 0.457. The molecule has 11 heteroatoms. The summed E-state index contributed by atoms with van der Waals surface area (Å²) in [7, 11) is -2.76. The monoisotopic (exact) mass is 225 g/mol. The third-order valence-corrected chi connectivity index (χ3v) is 1.48. The molecule has 0 radical (unpaired) electrons. The highest BCUT2D eigenvalue weighted by Crippen LogP contribution is 2.20. The Kier molecular flexibility index (Phi) is 3.05. The summed E-state index contributed by atoms with van der Waals surface area (Å²) in [6.45, 7) is 0. The van der Waals surface area contributed by atoms with Gasteiger partial charge in [0.15, 0.2) is 0 Å². The molecule has 0 fully saturated rings. The summed E-state index contributed by atoms with van der Waals surface area (Å²) in [5.74, 6) is -0.921. The molecule has 0 spiro atoms. The highest BCUT2D eigenvalue weighted by molar-refractivity contribution is 7.80. The van der Waals surface area contributed by atoms with Gasteiger partial charge in [0.25, 0.3) is 0 Å². The smallest absolute Gasteiger partial charge is 0.319 e. The van der Waals surface area contributed by atoms with E-state index in [0.717, 1.165) is 0 Å². The van der Waals surface area contributed by atoms with Crippen LogP contribution in [0.1, 0.15) is 0 Å². The first-order valence-electron chi connectivity index (χ1n) is 2.59. The third-order valence-electron chi connectivity index (χ3n) is 0.808. The summed E-state index contributed by atoms with van der Waals surface area (Å²) < 4.78 is 49.1. The van der Waals surface area contributed by atoms with Gasteiger partial charge in [-0.05, 0) is 0 Å². The molecule has 0 saturated heterocycles. The molecule has 0 aliphatic heterocycles. The van der Waals surface area contributed by atoms with Crippen molar-refractivity contribution in [1.29, 1.82) is 0 Å². The molecule has 1 aromatic rings. The van der Waals surface area contributed by atoms with Crippen LogP contribution in [0.3, 0.4) is 0 Å². The van der Waals surface area contributed by atoms with Crippen LogP contribution in [0.2, 0.25) is 0 Å². The van der Waals surface area contributed by atoms with Gasteiger partial charge in [0.1, 0.15) is 0 Å². The van der Waals surface area contributed by atoms with Crippen molar-refractivity contribution in [2.75, 3.05) is 4.72 Å². The Morgan fingerprint density at radius 1 is 1.46 bits per heavy atom. The lowest BCUT2D eigenvalue weighted by Gasteiger charge is -2.02. The highest BCUT2D eigenvalue weighted by Gasteiger charge is 2.08. The van der Waals surface area contributed by atoms with E-state index in [-0.39, 0.29) is 0 Å². The van der Waals surface area contributed by atoms with E-state index >= 15 is 0 Å². The maximum atomic E-state index is 10.1. The van der Waals surface area contributed by atoms with Gasteiger partial charge < -0.3 is 9.08 Å². The maximum absolute atomic E-state index is 10.1. The zero-order chi connectivity index (χ0) is 9.84. The quantitative estimate of drug-likeness (QED) is 0.649. The van der Waals surface area contributed by atoms with Crippen LogP contribution in [-0.4, -0.2) is 27.5 Å². The fraction of sp³-hybridized carbons (Fsp3) is 0. The minimum atomic E-state index is -2.76. The van der Waals surface area contributed by atoms with Crippen molar-refractivity contribution in [1.82, 2.24) is 10.4 Å². The minimum Gasteiger partial charge on any atom is -0.755 e. The molecule has 1 atom stereocenters. The fourth-order valence-corrected chi connectivity index (χ4v) is 0.998. The van der Waals surface area contributed by atoms with Gasteiger partial charge in [-0.2, -0.15) is 8.42 Å². The van der Waals surface area contributed by atoms with Crippen molar-refractivity contribution in [3.8, 4) is 0 Å². The minimum absolute atomic E-state index is 0.391. The predicted octanol–water partition coefficient (Wildman–Crippen LogP) is -1.03. The van der Waals surface area contributed by atoms with E-state index in [9.17, 15) is 17.2 Å². The van der Waals surface area contributed by atoms with Crippen LogP contribution in [-0.2, 0) is 21.8 Å². The van der Waals surface area contributed by atoms with E-state index in [4.69, 9.17) is 0 Å². The second kappa shape index (κ2) is 4.06. The summed E-state index contributed by atoms with van der Waals surface area (Å²) >= 11 is -2.64. The van der Waals surface area contributed by atoms with Crippen LogP contribution in [0, 0.1) is 0 Å². The van der Waals surface area contributed by atoms with Gasteiger partial charge in [-0.3, -0.25) is 8.93 Å². The van der Waals surface area contributed by atoms with Crippen LogP contribution in [0.5, 0.6) is 0 Å². The standard InChI is InChI=1S/C2H2N4O5S2/c7-12(8)4-1-2(5-13(9)10)11-6-3-1/h4H,(H,7,8)/p-1. The molecule has 72 valence electrons. The lowest BCUT2D eigenvalue weighted by Crippen LogP contribution is -2.02. The SMILES string of the molecule is O=S([O-])Nc1nnoc1N=S(=O)=O. The van der Waals surface area contributed by atoms with Gasteiger partial charge in [-0.25, -0.2) is 0 Å². The van der Waals surface area contributed by atoms with Gasteiger partial charge >= 0.3 is 16.4 Å². The number of nitrogens with one attached hydrogen (secondary N) is 1. The Hall–Kier alpha value is -1.33. The lowest BCUT2D eigenvalue weighted by molar-refractivity contribution is 0.402.